The van der Waals surface area contributed by atoms with E-state index >= 15 is 0 Å². The number of sulfonamides is 1. The first-order chi connectivity index (χ1) is 19.2. The first-order valence-corrected chi connectivity index (χ1v) is 15.4. The number of hydrogen-bond donors (Lipinski definition) is 1. The Kier molecular flexibility index (Phi) is 11.3. The zero-order valence-corrected chi connectivity index (χ0v) is 24.8. The van der Waals surface area contributed by atoms with Gasteiger partial charge in [0.1, 0.15) is 12.6 Å². The Balaban J connectivity index is 2.06. The van der Waals surface area contributed by atoms with Crippen molar-refractivity contribution in [2.75, 3.05) is 17.4 Å². The maximum Gasteiger partial charge on any atom is 0.264 e. The monoisotopic (exact) mass is 563 g/mol. The molecule has 0 aliphatic carbocycles. The number of carbonyl (C=O) groups is 2. The molecule has 214 valence electrons. The summed E-state index contributed by atoms with van der Waals surface area (Å²) in [6, 6.07) is 22.4. The fourth-order valence-electron chi connectivity index (χ4n) is 4.72. The summed E-state index contributed by atoms with van der Waals surface area (Å²) in [6.07, 6.45) is 2.76. The zero-order chi connectivity index (χ0) is 29.1. The van der Waals surface area contributed by atoms with E-state index in [9.17, 15) is 18.0 Å². The number of amides is 2. The number of unbranched alkanes of at least 4 members (excludes halogenated alkanes) is 1. The number of rotatable bonds is 14. The third kappa shape index (κ3) is 7.72. The summed E-state index contributed by atoms with van der Waals surface area (Å²) in [5.41, 5.74) is 3.18. The van der Waals surface area contributed by atoms with E-state index in [0.717, 1.165) is 29.5 Å². The van der Waals surface area contributed by atoms with Crippen LogP contribution < -0.4 is 9.62 Å². The van der Waals surface area contributed by atoms with Gasteiger partial charge in [-0.2, -0.15) is 0 Å². The first-order valence-electron chi connectivity index (χ1n) is 14.0. The molecule has 0 fully saturated rings. The van der Waals surface area contributed by atoms with Crippen LogP contribution in [0.25, 0.3) is 0 Å². The highest BCUT2D eigenvalue weighted by molar-refractivity contribution is 7.92. The smallest absolute Gasteiger partial charge is 0.264 e. The zero-order valence-electron chi connectivity index (χ0n) is 24.0. The fraction of sp³-hybridized carbons (Fsp3) is 0.375. The van der Waals surface area contributed by atoms with Gasteiger partial charge in [-0.1, -0.05) is 93.4 Å². The number of para-hydroxylation sites is 1. The lowest BCUT2D eigenvalue weighted by Gasteiger charge is -2.33. The van der Waals surface area contributed by atoms with Crippen molar-refractivity contribution in [2.24, 2.45) is 0 Å². The Bertz CT molecular complexity index is 1380. The van der Waals surface area contributed by atoms with Crippen molar-refractivity contribution >= 4 is 27.5 Å². The minimum atomic E-state index is -4.08. The average molecular weight is 564 g/mol. The number of benzene rings is 3. The van der Waals surface area contributed by atoms with E-state index in [2.05, 4.69) is 5.32 Å². The Morgan fingerprint density at radius 1 is 0.900 bits per heavy atom. The van der Waals surface area contributed by atoms with E-state index in [4.69, 9.17) is 0 Å². The van der Waals surface area contributed by atoms with Crippen LogP contribution in [0.2, 0.25) is 0 Å². The van der Waals surface area contributed by atoms with Crippen LogP contribution in [-0.2, 0) is 32.6 Å². The Morgan fingerprint density at radius 2 is 1.60 bits per heavy atom. The SMILES string of the molecule is CCCCNC(=O)C(CC)N(Cc1cccc(C)c1)C(=O)CN(c1ccccc1CC)S(=O)(=O)c1ccccc1. The molecule has 2 amide bonds. The molecule has 0 saturated heterocycles. The van der Waals surface area contributed by atoms with E-state index in [1.54, 1.807) is 30.3 Å². The summed E-state index contributed by atoms with van der Waals surface area (Å²) in [5, 5.41) is 2.96. The minimum Gasteiger partial charge on any atom is -0.354 e. The second-order valence-electron chi connectivity index (χ2n) is 9.89. The highest BCUT2D eigenvalue weighted by Crippen LogP contribution is 2.28. The molecule has 8 heteroatoms. The molecule has 0 heterocycles. The van der Waals surface area contributed by atoms with Crippen LogP contribution >= 0.6 is 0 Å². The van der Waals surface area contributed by atoms with Crippen LogP contribution in [0.3, 0.4) is 0 Å². The van der Waals surface area contributed by atoms with Crippen molar-refractivity contribution in [2.45, 2.75) is 70.9 Å². The number of nitrogens with zero attached hydrogens (tertiary/aromatic N) is 2. The van der Waals surface area contributed by atoms with Gasteiger partial charge in [0, 0.05) is 13.1 Å². The van der Waals surface area contributed by atoms with Crippen molar-refractivity contribution in [3.63, 3.8) is 0 Å². The lowest BCUT2D eigenvalue weighted by Crippen LogP contribution is -2.52. The van der Waals surface area contributed by atoms with Crippen LogP contribution in [-0.4, -0.2) is 44.3 Å². The normalized spacial score (nSPS) is 12.0. The number of aryl methyl sites for hydroxylation is 2. The summed E-state index contributed by atoms with van der Waals surface area (Å²) in [6.45, 7) is 8.12. The highest BCUT2D eigenvalue weighted by Gasteiger charge is 2.34. The van der Waals surface area contributed by atoms with Crippen molar-refractivity contribution in [1.82, 2.24) is 10.2 Å². The molecular weight excluding hydrogens is 522 g/mol. The fourth-order valence-corrected chi connectivity index (χ4v) is 6.19. The molecule has 1 N–H and O–H groups in total. The van der Waals surface area contributed by atoms with Gasteiger partial charge in [-0.3, -0.25) is 13.9 Å². The molecule has 0 aromatic heterocycles. The quantitative estimate of drug-likeness (QED) is 0.263. The Hall–Kier alpha value is -3.65. The molecule has 0 spiro atoms. The van der Waals surface area contributed by atoms with Gasteiger partial charge in [-0.15, -0.1) is 0 Å². The van der Waals surface area contributed by atoms with Crippen LogP contribution in [0.4, 0.5) is 5.69 Å². The van der Waals surface area contributed by atoms with Gasteiger partial charge in [0.05, 0.1) is 10.6 Å². The van der Waals surface area contributed by atoms with Crippen LogP contribution in [0.5, 0.6) is 0 Å². The Labute approximate surface area is 239 Å². The number of anilines is 1. The van der Waals surface area contributed by atoms with Gasteiger partial charge in [0.25, 0.3) is 10.0 Å². The molecule has 3 aromatic rings. The lowest BCUT2D eigenvalue weighted by atomic mass is 10.1. The van der Waals surface area contributed by atoms with Crippen LogP contribution in [0.15, 0.2) is 83.8 Å². The highest BCUT2D eigenvalue weighted by atomic mass is 32.2. The predicted octanol–water partition coefficient (Wildman–Crippen LogP) is 5.48. The summed E-state index contributed by atoms with van der Waals surface area (Å²) in [7, 11) is -4.08. The lowest BCUT2D eigenvalue weighted by molar-refractivity contribution is -0.140. The molecule has 7 nitrogen and oxygen atoms in total. The van der Waals surface area contributed by atoms with Crippen molar-refractivity contribution in [3.05, 3.63) is 95.6 Å². The van der Waals surface area contributed by atoms with Gasteiger partial charge >= 0.3 is 0 Å². The van der Waals surface area contributed by atoms with Crippen molar-refractivity contribution < 1.29 is 18.0 Å². The predicted molar refractivity (Wildman–Crippen MR) is 161 cm³/mol. The third-order valence-electron chi connectivity index (χ3n) is 6.90. The molecular formula is C32H41N3O4S. The second-order valence-corrected chi connectivity index (χ2v) is 11.7. The standard InChI is InChI=1S/C32H41N3O4S/c1-5-8-21-33-32(37)29(7-3)34(23-26-16-14-15-25(4)22-26)31(36)24-35(30-20-13-12-17-27(30)6-2)40(38,39)28-18-10-9-11-19-28/h9-20,22,29H,5-8,21,23-24H2,1-4H3,(H,33,37). The van der Waals surface area contributed by atoms with Gasteiger partial charge in [-0.05, 0) is 55.5 Å². The van der Waals surface area contributed by atoms with E-state index in [0.29, 0.717) is 25.1 Å². The summed E-state index contributed by atoms with van der Waals surface area (Å²) >= 11 is 0. The summed E-state index contributed by atoms with van der Waals surface area (Å²) in [5.74, 6) is -0.673. The molecule has 0 aliphatic rings. The van der Waals surface area contributed by atoms with Crippen LogP contribution in [0, 0.1) is 6.92 Å². The van der Waals surface area contributed by atoms with Crippen LogP contribution in [0.1, 0.15) is 56.7 Å². The van der Waals surface area contributed by atoms with Crippen molar-refractivity contribution in [3.8, 4) is 0 Å². The van der Waals surface area contributed by atoms with E-state index in [1.165, 1.54) is 21.3 Å². The minimum absolute atomic E-state index is 0.100. The molecule has 0 bridgehead atoms. The maximum atomic E-state index is 14.2. The molecule has 40 heavy (non-hydrogen) atoms. The molecule has 1 unspecified atom stereocenters. The molecule has 0 saturated carbocycles. The van der Waals surface area contributed by atoms with E-state index in [-0.39, 0.29) is 17.3 Å². The third-order valence-corrected chi connectivity index (χ3v) is 8.68. The Morgan fingerprint density at radius 3 is 2.25 bits per heavy atom. The molecule has 0 aliphatic heterocycles. The van der Waals surface area contributed by atoms with Gasteiger partial charge in [0.2, 0.25) is 11.8 Å². The summed E-state index contributed by atoms with van der Waals surface area (Å²) < 4.78 is 29.2. The van der Waals surface area contributed by atoms with Gasteiger partial charge in [-0.25, -0.2) is 8.42 Å². The molecule has 3 aromatic carbocycles. The topological polar surface area (TPSA) is 86.8 Å². The van der Waals surface area contributed by atoms with Gasteiger partial charge < -0.3 is 10.2 Å². The second kappa shape index (κ2) is 14.7. The van der Waals surface area contributed by atoms with Gasteiger partial charge in [0.15, 0.2) is 0 Å². The van der Waals surface area contributed by atoms with E-state index < -0.39 is 28.5 Å². The molecule has 3 rings (SSSR count). The molecule has 1 atom stereocenters. The molecule has 0 radical (unpaired) electrons. The maximum absolute atomic E-state index is 14.2. The number of hydrogen-bond acceptors (Lipinski definition) is 4. The summed E-state index contributed by atoms with van der Waals surface area (Å²) in [4.78, 5) is 29.1. The first kappa shape index (κ1) is 30.9. The average Bonchev–Trinajstić information content (AvgIpc) is 2.96. The largest absolute Gasteiger partial charge is 0.354 e. The van der Waals surface area contributed by atoms with Crippen molar-refractivity contribution in [1.29, 1.82) is 0 Å². The number of carbonyl (C=O) groups excluding carboxylic acids is 2. The number of nitrogens with one attached hydrogen (secondary N) is 1. The van der Waals surface area contributed by atoms with E-state index in [1.807, 2.05) is 64.1 Å².